The van der Waals surface area contributed by atoms with Crippen LogP contribution in [0.2, 0.25) is 0 Å². The Hall–Kier alpha value is -4.62. The first-order valence-corrected chi connectivity index (χ1v) is 20.0. The minimum Gasteiger partial charge on any atom is -0.310 e. The van der Waals surface area contributed by atoms with Gasteiger partial charge in [-0.15, -0.1) is 0 Å². The minimum atomic E-state index is -0.0874. The van der Waals surface area contributed by atoms with E-state index in [9.17, 15) is 0 Å². The van der Waals surface area contributed by atoms with Crippen molar-refractivity contribution in [1.29, 1.82) is 0 Å². The van der Waals surface area contributed by atoms with Crippen LogP contribution in [0.4, 0.5) is 17.1 Å². The second kappa shape index (κ2) is 11.7. The standard InChI is InChI=1S/C51H51N/c1-32(2)42-17-8-9-18-43(42)45-25-37-13-6-7-14-38(37)26-48(45)52(41-20-21-44-47(28-41)50(4,5)46-19-10-12-33(3)49(44)46)40-16-11-15-39(27-40)51-29-34-22-35(30-51)24-36(23-34)31-51/h6-21,25-28,32,34-36H,22-24,29-31H2,1-5H3. The SMILES string of the molecule is Cc1cccc2c1-c1ccc(N(c3cccc(C45CC6CC(CC(C6)C4)C5)c3)c3cc4ccccc4cc3-c3ccccc3C(C)C)cc1C2(C)C. The van der Waals surface area contributed by atoms with E-state index in [1.165, 1.54) is 111 Å². The summed E-state index contributed by atoms with van der Waals surface area (Å²) in [5.41, 5.74) is 16.6. The summed E-state index contributed by atoms with van der Waals surface area (Å²) in [5.74, 6) is 3.14. The molecule has 1 nitrogen and oxygen atoms in total. The lowest BCUT2D eigenvalue weighted by Crippen LogP contribution is -2.48. The van der Waals surface area contributed by atoms with Gasteiger partial charge in [-0.3, -0.25) is 0 Å². The van der Waals surface area contributed by atoms with E-state index in [1.54, 1.807) is 5.56 Å². The zero-order valence-electron chi connectivity index (χ0n) is 31.5. The molecule has 11 rings (SSSR count). The Morgan fingerprint density at radius 1 is 0.577 bits per heavy atom. The molecule has 4 bridgehead atoms. The monoisotopic (exact) mass is 677 g/mol. The fourth-order valence-corrected chi connectivity index (χ4v) is 11.8. The third kappa shape index (κ3) is 4.88. The molecule has 0 radical (unpaired) electrons. The van der Waals surface area contributed by atoms with Gasteiger partial charge in [0.15, 0.2) is 0 Å². The van der Waals surface area contributed by atoms with Crippen LogP contribution in [-0.2, 0) is 10.8 Å². The highest BCUT2D eigenvalue weighted by molar-refractivity contribution is 5.99. The summed E-state index contributed by atoms with van der Waals surface area (Å²) in [4.78, 5) is 2.62. The number of benzene rings is 6. The van der Waals surface area contributed by atoms with Gasteiger partial charge in [-0.25, -0.2) is 0 Å². The maximum absolute atomic E-state index is 2.62. The molecule has 6 aromatic carbocycles. The molecule has 260 valence electrons. The van der Waals surface area contributed by atoms with Crippen molar-refractivity contribution in [2.45, 2.75) is 89.9 Å². The molecule has 0 amide bonds. The molecule has 0 spiro atoms. The average molecular weight is 678 g/mol. The number of aryl methyl sites for hydroxylation is 1. The van der Waals surface area contributed by atoms with Crippen molar-refractivity contribution in [3.63, 3.8) is 0 Å². The maximum atomic E-state index is 2.62. The van der Waals surface area contributed by atoms with Crippen LogP contribution in [-0.4, -0.2) is 0 Å². The Kier molecular flexibility index (Phi) is 7.21. The Bertz CT molecular complexity index is 2340. The van der Waals surface area contributed by atoms with Crippen LogP contribution < -0.4 is 4.90 Å². The van der Waals surface area contributed by atoms with Crippen molar-refractivity contribution < 1.29 is 0 Å². The number of fused-ring (bicyclic) bond motifs is 4. The Labute approximate surface area is 310 Å². The second-order valence-electron chi connectivity index (χ2n) is 17.9. The normalized spacial score (nSPS) is 23.6. The molecule has 0 saturated heterocycles. The summed E-state index contributed by atoms with van der Waals surface area (Å²) in [6.45, 7) is 11.8. The molecule has 0 heterocycles. The molecular weight excluding hydrogens is 627 g/mol. The van der Waals surface area contributed by atoms with Crippen molar-refractivity contribution in [2.75, 3.05) is 4.90 Å². The zero-order valence-corrected chi connectivity index (χ0v) is 31.5. The van der Waals surface area contributed by atoms with E-state index >= 15 is 0 Å². The maximum Gasteiger partial charge on any atom is 0.0546 e. The van der Waals surface area contributed by atoms with E-state index in [2.05, 4.69) is 161 Å². The van der Waals surface area contributed by atoms with Crippen LogP contribution in [0.3, 0.4) is 0 Å². The van der Waals surface area contributed by atoms with Crippen LogP contribution in [0.1, 0.15) is 100.0 Å². The van der Waals surface area contributed by atoms with Gasteiger partial charge in [0.2, 0.25) is 0 Å². The largest absolute Gasteiger partial charge is 0.310 e. The highest BCUT2D eigenvalue weighted by atomic mass is 15.1. The van der Waals surface area contributed by atoms with E-state index in [0.717, 1.165) is 17.8 Å². The van der Waals surface area contributed by atoms with Gasteiger partial charge in [0, 0.05) is 22.4 Å². The number of anilines is 3. The Balaban J connectivity index is 1.23. The van der Waals surface area contributed by atoms with E-state index in [4.69, 9.17) is 0 Å². The lowest BCUT2D eigenvalue weighted by atomic mass is 9.48. The molecule has 4 fully saturated rings. The fraction of sp³-hybridized carbons (Fsp3) is 0.333. The molecule has 52 heavy (non-hydrogen) atoms. The van der Waals surface area contributed by atoms with Crippen LogP contribution in [0.5, 0.6) is 0 Å². The highest BCUT2D eigenvalue weighted by Crippen LogP contribution is 2.61. The highest BCUT2D eigenvalue weighted by Gasteiger charge is 2.51. The molecule has 5 aliphatic carbocycles. The second-order valence-corrected chi connectivity index (χ2v) is 17.9. The van der Waals surface area contributed by atoms with Gasteiger partial charge in [0.1, 0.15) is 0 Å². The van der Waals surface area contributed by atoms with Crippen LogP contribution >= 0.6 is 0 Å². The molecular formula is C51H51N. The third-order valence-corrected chi connectivity index (χ3v) is 13.9. The molecule has 6 aromatic rings. The molecule has 0 aliphatic heterocycles. The van der Waals surface area contributed by atoms with Crippen LogP contribution in [0, 0.1) is 24.7 Å². The summed E-state index contributed by atoms with van der Waals surface area (Å²) in [6, 6.07) is 47.0. The van der Waals surface area contributed by atoms with E-state index in [1.807, 2.05) is 0 Å². The van der Waals surface area contributed by atoms with E-state index < -0.39 is 0 Å². The van der Waals surface area contributed by atoms with Gasteiger partial charge in [0.05, 0.1) is 5.69 Å². The predicted octanol–water partition coefficient (Wildman–Crippen LogP) is 14.2. The molecule has 0 N–H and O–H groups in total. The predicted molar refractivity (Wildman–Crippen MR) is 220 cm³/mol. The van der Waals surface area contributed by atoms with Crippen molar-refractivity contribution in [2.24, 2.45) is 17.8 Å². The summed E-state index contributed by atoms with van der Waals surface area (Å²) in [5, 5.41) is 2.55. The number of hydrogen-bond acceptors (Lipinski definition) is 1. The lowest BCUT2D eigenvalue weighted by molar-refractivity contribution is -0.00516. The molecule has 4 saturated carbocycles. The Morgan fingerprint density at radius 3 is 1.96 bits per heavy atom. The molecule has 1 heteroatoms. The lowest BCUT2D eigenvalue weighted by Gasteiger charge is -2.57. The number of rotatable bonds is 6. The molecule has 0 atom stereocenters. The number of nitrogens with zero attached hydrogens (tertiary/aromatic N) is 1. The van der Waals surface area contributed by atoms with Gasteiger partial charge in [-0.1, -0.05) is 113 Å². The van der Waals surface area contributed by atoms with E-state index in [-0.39, 0.29) is 5.41 Å². The number of hydrogen-bond donors (Lipinski definition) is 0. The zero-order chi connectivity index (χ0) is 35.4. The third-order valence-electron chi connectivity index (χ3n) is 13.9. The fourth-order valence-electron chi connectivity index (χ4n) is 11.8. The summed E-state index contributed by atoms with van der Waals surface area (Å²) >= 11 is 0. The van der Waals surface area contributed by atoms with Gasteiger partial charge in [0.25, 0.3) is 0 Å². The summed E-state index contributed by atoms with van der Waals surface area (Å²) in [7, 11) is 0. The van der Waals surface area contributed by atoms with Gasteiger partial charge < -0.3 is 4.90 Å². The first-order chi connectivity index (χ1) is 25.2. The van der Waals surface area contributed by atoms with E-state index in [0.29, 0.717) is 11.3 Å². The summed E-state index contributed by atoms with van der Waals surface area (Å²) in [6.07, 6.45) is 8.51. The minimum absolute atomic E-state index is 0.0874. The van der Waals surface area contributed by atoms with Crippen LogP contribution in [0.25, 0.3) is 33.0 Å². The quantitative estimate of drug-likeness (QED) is 0.170. The van der Waals surface area contributed by atoms with Crippen LogP contribution in [0.15, 0.2) is 121 Å². The Morgan fingerprint density at radius 2 is 1.23 bits per heavy atom. The molecule has 0 aromatic heterocycles. The first-order valence-electron chi connectivity index (χ1n) is 20.0. The molecule has 0 unspecified atom stereocenters. The van der Waals surface area contributed by atoms with Crippen molar-refractivity contribution in [1.82, 2.24) is 0 Å². The van der Waals surface area contributed by atoms with Crippen molar-refractivity contribution in [3.05, 3.63) is 149 Å². The van der Waals surface area contributed by atoms with Gasteiger partial charge >= 0.3 is 0 Å². The van der Waals surface area contributed by atoms with Gasteiger partial charge in [-0.05, 0) is 166 Å². The van der Waals surface area contributed by atoms with Gasteiger partial charge in [-0.2, -0.15) is 0 Å². The van der Waals surface area contributed by atoms with Crippen molar-refractivity contribution >= 4 is 27.8 Å². The first kappa shape index (κ1) is 32.1. The average Bonchev–Trinajstić information content (AvgIpc) is 3.37. The van der Waals surface area contributed by atoms with Crippen molar-refractivity contribution in [3.8, 4) is 22.3 Å². The summed E-state index contributed by atoms with van der Waals surface area (Å²) < 4.78 is 0. The smallest absolute Gasteiger partial charge is 0.0546 e. The molecule has 5 aliphatic rings. The topological polar surface area (TPSA) is 3.24 Å².